The summed E-state index contributed by atoms with van der Waals surface area (Å²) in [7, 11) is 0. The summed E-state index contributed by atoms with van der Waals surface area (Å²) >= 11 is 0. The van der Waals surface area contributed by atoms with Gasteiger partial charge in [0, 0.05) is 0 Å². The molecule has 92 valence electrons. The van der Waals surface area contributed by atoms with Crippen LogP contribution in [0.2, 0.25) is 0 Å². The van der Waals surface area contributed by atoms with Gasteiger partial charge in [0.25, 0.3) is 0 Å². The predicted molar refractivity (Wildman–Crippen MR) is 68.2 cm³/mol. The molecule has 0 amide bonds. The van der Waals surface area contributed by atoms with Gasteiger partial charge in [0.15, 0.2) is 0 Å². The van der Waals surface area contributed by atoms with E-state index in [-0.39, 0.29) is 6.10 Å². The number of aliphatic hydroxyl groups is 1. The predicted octanol–water partition coefficient (Wildman–Crippen LogP) is 3.92. The molecule has 0 radical (unpaired) electrons. The fourth-order valence-corrected chi connectivity index (χ4v) is 3.58. The van der Waals surface area contributed by atoms with Crippen LogP contribution in [0.1, 0.15) is 57.8 Å². The van der Waals surface area contributed by atoms with Crippen LogP contribution >= 0.6 is 0 Å². The standard InChI is InChI=1S/C15H26O/c1-2-12-8-10-14(11-9-12)15(16)13-6-4-3-5-7-13/h2,12-16H,1,3-11H2. The number of rotatable bonds is 3. The first-order valence-electron chi connectivity index (χ1n) is 7.12. The normalized spacial score (nSPS) is 34.6. The average Bonchev–Trinajstić information content (AvgIpc) is 2.39. The van der Waals surface area contributed by atoms with E-state index < -0.39 is 0 Å². The molecule has 0 spiro atoms. The Morgan fingerprint density at radius 2 is 1.44 bits per heavy atom. The molecular weight excluding hydrogens is 196 g/mol. The minimum absolute atomic E-state index is 0.00827. The maximum Gasteiger partial charge on any atom is 0.0596 e. The molecule has 1 unspecified atom stereocenters. The highest BCUT2D eigenvalue weighted by Gasteiger charge is 2.31. The van der Waals surface area contributed by atoms with E-state index in [2.05, 4.69) is 12.7 Å². The Labute approximate surface area is 99.9 Å². The molecule has 0 saturated heterocycles. The number of hydrogen-bond donors (Lipinski definition) is 1. The summed E-state index contributed by atoms with van der Waals surface area (Å²) in [6, 6.07) is 0. The van der Waals surface area contributed by atoms with E-state index in [1.54, 1.807) is 0 Å². The molecule has 0 aromatic carbocycles. The van der Waals surface area contributed by atoms with Crippen LogP contribution in [0.25, 0.3) is 0 Å². The summed E-state index contributed by atoms with van der Waals surface area (Å²) < 4.78 is 0. The van der Waals surface area contributed by atoms with Crippen LogP contribution in [0.4, 0.5) is 0 Å². The molecule has 2 aliphatic carbocycles. The van der Waals surface area contributed by atoms with Gasteiger partial charge in [-0.05, 0) is 56.3 Å². The topological polar surface area (TPSA) is 20.2 Å². The van der Waals surface area contributed by atoms with Crippen molar-refractivity contribution in [1.29, 1.82) is 0 Å². The number of aliphatic hydroxyl groups excluding tert-OH is 1. The van der Waals surface area contributed by atoms with Crippen LogP contribution in [0, 0.1) is 17.8 Å². The average molecular weight is 222 g/mol. The van der Waals surface area contributed by atoms with Gasteiger partial charge in [-0.3, -0.25) is 0 Å². The maximum atomic E-state index is 10.4. The molecule has 2 saturated carbocycles. The van der Waals surface area contributed by atoms with Gasteiger partial charge in [-0.25, -0.2) is 0 Å². The minimum Gasteiger partial charge on any atom is -0.393 e. The molecule has 0 bridgehead atoms. The Balaban J connectivity index is 1.80. The highest BCUT2D eigenvalue weighted by molar-refractivity contribution is 4.88. The number of allylic oxidation sites excluding steroid dienone is 1. The zero-order valence-electron chi connectivity index (χ0n) is 10.4. The van der Waals surface area contributed by atoms with Crippen LogP contribution in [0.3, 0.4) is 0 Å². The van der Waals surface area contributed by atoms with E-state index in [4.69, 9.17) is 0 Å². The van der Waals surface area contributed by atoms with Gasteiger partial charge >= 0.3 is 0 Å². The van der Waals surface area contributed by atoms with Crippen LogP contribution in [-0.4, -0.2) is 11.2 Å². The fourth-order valence-electron chi connectivity index (χ4n) is 3.58. The van der Waals surface area contributed by atoms with E-state index >= 15 is 0 Å². The Hall–Kier alpha value is -0.300. The minimum atomic E-state index is -0.00827. The van der Waals surface area contributed by atoms with Crippen molar-refractivity contribution in [2.45, 2.75) is 63.9 Å². The summed E-state index contributed by atoms with van der Waals surface area (Å²) in [6.07, 6.45) is 13.6. The van der Waals surface area contributed by atoms with E-state index in [0.29, 0.717) is 11.8 Å². The highest BCUT2D eigenvalue weighted by atomic mass is 16.3. The van der Waals surface area contributed by atoms with Crippen LogP contribution < -0.4 is 0 Å². The molecule has 1 nitrogen and oxygen atoms in total. The van der Waals surface area contributed by atoms with Crippen LogP contribution in [0.5, 0.6) is 0 Å². The van der Waals surface area contributed by atoms with Crippen LogP contribution in [-0.2, 0) is 0 Å². The lowest BCUT2D eigenvalue weighted by Crippen LogP contribution is -2.33. The molecule has 0 aromatic rings. The first kappa shape index (κ1) is 12.2. The lowest BCUT2D eigenvalue weighted by Gasteiger charge is -2.36. The lowest BCUT2D eigenvalue weighted by atomic mass is 9.73. The fraction of sp³-hybridized carbons (Fsp3) is 0.867. The van der Waals surface area contributed by atoms with E-state index in [0.717, 1.165) is 5.92 Å². The smallest absolute Gasteiger partial charge is 0.0596 e. The SMILES string of the molecule is C=CC1CCC(C(O)C2CCCCC2)CC1. The molecule has 1 atom stereocenters. The summed E-state index contributed by atoms with van der Waals surface area (Å²) in [4.78, 5) is 0. The van der Waals surface area contributed by atoms with Gasteiger partial charge in [0.2, 0.25) is 0 Å². The zero-order chi connectivity index (χ0) is 11.4. The van der Waals surface area contributed by atoms with E-state index in [9.17, 15) is 5.11 Å². The van der Waals surface area contributed by atoms with Crippen molar-refractivity contribution < 1.29 is 5.11 Å². The Kier molecular flexibility index (Phi) is 4.45. The summed E-state index contributed by atoms with van der Waals surface area (Å²) in [6.45, 7) is 3.88. The van der Waals surface area contributed by atoms with Gasteiger partial charge < -0.3 is 5.11 Å². The summed E-state index contributed by atoms with van der Waals surface area (Å²) in [5.41, 5.74) is 0. The molecule has 0 heterocycles. The second-order valence-electron chi connectivity index (χ2n) is 5.80. The Bertz CT molecular complexity index is 209. The maximum absolute atomic E-state index is 10.4. The van der Waals surface area contributed by atoms with Crippen molar-refractivity contribution in [3.63, 3.8) is 0 Å². The molecule has 2 rings (SSSR count). The lowest BCUT2D eigenvalue weighted by molar-refractivity contribution is 0.0149. The molecule has 0 aromatic heterocycles. The van der Waals surface area contributed by atoms with Crippen molar-refractivity contribution in [2.75, 3.05) is 0 Å². The van der Waals surface area contributed by atoms with Gasteiger partial charge in [0.1, 0.15) is 0 Å². The van der Waals surface area contributed by atoms with Crippen molar-refractivity contribution >= 4 is 0 Å². The third-order valence-corrected chi connectivity index (χ3v) is 4.77. The highest BCUT2D eigenvalue weighted by Crippen LogP contribution is 2.37. The Morgan fingerprint density at radius 1 is 0.875 bits per heavy atom. The van der Waals surface area contributed by atoms with Crippen molar-refractivity contribution in [3.8, 4) is 0 Å². The van der Waals surface area contributed by atoms with Crippen LogP contribution in [0.15, 0.2) is 12.7 Å². The molecule has 2 aliphatic rings. The molecule has 1 N–H and O–H groups in total. The van der Waals surface area contributed by atoms with Crippen molar-refractivity contribution in [3.05, 3.63) is 12.7 Å². The van der Waals surface area contributed by atoms with Gasteiger partial charge in [-0.1, -0.05) is 25.3 Å². The second kappa shape index (κ2) is 5.86. The third kappa shape index (κ3) is 2.88. The van der Waals surface area contributed by atoms with E-state index in [1.165, 1.54) is 57.8 Å². The first-order valence-corrected chi connectivity index (χ1v) is 7.12. The van der Waals surface area contributed by atoms with Gasteiger partial charge in [-0.15, -0.1) is 6.58 Å². The zero-order valence-corrected chi connectivity index (χ0v) is 10.4. The number of hydrogen-bond acceptors (Lipinski definition) is 1. The van der Waals surface area contributed by atoms with Crippen molar-refractivity contribution in [2.24, 2.45) is 17.8 Å². The summed E-state index contributed by atoms with van der Waals surface area (Å²) in [5.74, 6) is 1.91. The monoisotopic (exact) mass is 222 g/mol. The first-order chi connectivity index (χ1) is 7.81. The Morgan fingerprint density at radius 3 is 2.00 bits per heavy atom. The third-order valence-electron chi connectivity index (χ3n) is 4.77. The van der Waals surface area contributed by atoms with E-state index in [1.807, 2.05) is 0 Å². The molecule has 1 heteroatoms. The molecule has 0 aliphatic heterocycles. The second-order valence-corrected chi connectivity index (χ2v) is 5.80. The van der Waals surface area contributed by atoms with Gasteiger partial charge in [-0.2, -0.15) is 0 Å². The molecule has 16 heavy (non-hydrogen) atoms. The quantitative estimate of drug-likeness (QED) is 0.718. The molecular formula is C15H26O. The largest absolute Gasteiger partial charge is 0.393 e. The summed E-state index contributed by atoms with van der Waals surface area (Å²) in [5, 5.41) is 10.4. The van der Waals surface area contributed by atoms with Crippen molar-refractivity contribution in [1.82, 2.24) is 0 Å². The van der Waals surface area contributed by atoms with Gasteiger partial charge in [0.05, 0.1) is 6.10 Å². The molecule has 2 fully saturated rings.